The van der Waals surface area contributed by atoms with Crippen molar-refractivity contribution in [2.24, 2.45) is 0 Å². The molecule has 5 nitrogen and oxygen atoms in total. The van der Waals surface area contributed by atoms with E-state index in [0.29, 0.717) is 11.5 Å². The molecule has 0 aliphatic carbocycles. The molecule has 0 spiro atoms. The summed E-state index contributed by atoms with van der Waals surface area (Å²) in [5.41, 5.74) is 10.7. The van der Waals surface area contributed by atoms with Crippen molar-refractivity contribution in [1.29, 1.82) is 0 Å². The first-order valence-electron chi connectivity index (χ1n) is 6.37. The van der Waals surface area contributed by atoms with Gasteiger partial charge in [0.2, 0.25) is 0 Å². The Balaban J connectivity index is 2.18. The first-order chi connectivity index (χ1) is 9.65. The van der Waals surface area contributed by atoms with Gasteiger partial charge in [0.1, 0.15) is 0 Å². The highest BCUT2D eigenvalue weighted by Gasteiger charge is 2.12. The SMILES string of the molecule is Cc1cc(N)cc(-c2nnnn2-c2ccccc2C)c1. The van der Waals surface area contributed by atoms with Crippen LogP contribution in [0.15, 0.2) is 42.5 Å². The number of benzene rings is 2. The van der Waals surface area contributed by atoms with Gasteiger partial charge in [0.25, 0.3) is 0 Å². The summed E-state index contributed by atoms with van der Waals surface area (Å²) >= 11 is 0. The van der Waals surface area contributed by atoms with Crippen LogP contribution in [0.25, 0.3) is 17.1 Å². The summed E-state index contributed by atoms with van der Waals surface area (Å²) in [7, 11) is 0. The summed E-state index contributed by atoms with van der Waals surface area (Å²) in [4.78, 5) is 0. The Morgan fingerprint density at radius 3 is 2.60 bits per heavy atom. The fraction of sp³-hybridized carbons (Fsp3) is 0.133. The molecule has 0 atom stereocenters. The van der Waals surface area contributed by atoms with E-state index < -0.39 is 0 Å². The molecule has 3 rings (SSSR count). The van der Waals surface area contributed by atoms with E-state index in [1.54, 1.807) is 4.68 Å². The minimum Gasteiger partial charge on any atom is -0.399 e. The van der Waals surface area contributed by atoms with Gasteiger partial charge in [0.15, 0.2) is 5.82 Å². The van der Waals surface area contributed by atoms with Gasteiger partial charge in [-0.25, -0.2) is 0 Å². The summed E-state index contributed by atoms with van der Waals surface area (Å²) in [6.07, 6.45) is 0. The van der Waals surface area contributed by atoms with E-state index in [1.165, 1.54) is 0 Å². The number of hydrogen-bond donors (Lipinski definition) is 1. The first kappa shape index (κ1) is 12.3. The van der Waals surface area contributed by atoms with Crippen LogP contribution in [0.4, 0.5) is 5.69 Å². The fourth-order valence-electron chi connectivity index (χ4n) is 2.27. The maximum absolute atomic E-state index is 5.91. The largest absolute Gasteiger partial charge is 0.399 e. The zero-order chi connectivity index (χ0) is 14.1. The Labute approximate surface area is 117 Å². The van der Waals surface area contributed by atoms with Crippen molar-refractivity contribution < 1.29 is 0 Å². The molecule has 1 aromatic heterocycles. The van der Waals surface area contributed by atoms with Crippen LogP contribution < -0.4 is 5.73 Å². The van der Waals surface area contributed by atoms with Crippen molar-refractivity contribution in [2.75, 3.05) is 5.73 Å². The molecule has 5 heteroatoms. The molecule has 0 saturated carbocycles. The summed E-state index contributed by atoms with van der Waals surface area (Å²) in [6.45, 7) is 4.03. The molecule has 100 valence electrons. The summed E-state index contributed by atoms with van der Waals surface area (Å²) in [6, 6.07) is 13.8. The second-order valence-electron chi connectivity index (χ2n) is 4.83. The molecule has 2 N–H and O–H groups in total. The van der Waals surface area contributed by atoms with Crippen molar-refractivity contribution in [2.45, 2.75) is 13.8 Å². The van der Waals surface area contributed by atoms with Gasteiger partial charge in [-0.15, -0.1) is 5.10 Å². The number of hydrogen-bond acceptors (Lipinski definition) is 4. The van der Waals surface area contributed by atoms with E-state index >= 15 is 0 Å². The average molecular weight is 265 g/mol. The standard InChI is InChI=1S/C15H15N5/c1-10-7-12(9-13(16)8-10)15-17-18-19-20(15)14-6-4-3-5-11(14)2/h3-9H,16H2,1-2H3. The molecule has 20 heavy (non-hydrogen) atoms. The van der Waals surface area contributed by atoms with Gasteiger partial charge in [0.05, 0.1) is 5.69 Å². The second-order valence-corrected chi connectivity index (χ2v) is 4.83. The number of rotatable bonds is 2. The number of nitrogens with zero attached hydrogens (tertiary/aromatic N) is 4. The molecule has 0 radical (unpaired) electrons. The van der Waals surface area contributed by atoms with Gasteiger partial charge >= 0.3 is 0 Å². The molecule has 0 bridgehead atoms. The third-order valence-corrected chi connectivity index (χ3v) is 3.17. The zero-order valence-corrected chi connectivity index (χ0v) is 11.4. The quantitative estimate of drug-likeness (QED) is 0.723. The highest BCUT2D eigenvalue weighted by atomic mass is 15.5. The molecule has 0 fully saturated rings. The number of aromatic nitrogens is 4. The number of nitrogen functional groups attached to an aromatic ring is 1. The topological polar surface area (TPSA) is 69.6 Å². The van der Waals surface area contributed by atoms with Gasteiger partial charge in [-0.05, 0) is 59.7 Å². The van der Waals surface area contributed by atoms with E-state index in [9.17, 15) is 0 Å². The monoisotopic (exact) mass is 265 g/mol. The number of anilines is 1. The van der Waals surface area contributed by atoms with Crippen molar-refractivity contribution in [3.63, 3.8) is 0 Å². The van der Waals surface area contributed by atoms with Crippen LogP contribution in [0.2, 0.25) is 0 Å². The third kappa shape index (κ3) is 2.14. The number of para-hydroxylation sites is 1. The van der Waals surface area contributed by atoms with Crippen molar-refractivity contribution in [3.8, 4) is 17.1 Å². The average Bonchev–Trinajstić information content (AvgIpc) is 2.87. The molecule has 0 saturated heterocycles. The highest BCUT2D eigenvalue weighted by molar-refractivity contribution is 5.64. The van der Waals surface area contributed by atoms with Crippen molar-refractivity contribution in [1.82, 2.24) is 20.2 Å². The predicted molar refractivity (Wildman–Crippen MR) is 78.5 cm³/mol. The summed E-state index contributed by atoms with van der Waals surface area (Å²) in [5, 5.41) is 12.0. The lowest BCUT2D eigenvalue weighted by Crippen LogP contribution is -2.02. The third-order valence-electron chi connectivity index (χ3n) is 3.17. The Bertz CT molecular complexity index is 740. The highest BCUT2D eigenvalue weighted by Crippen LogP contribution is 2.24. The molecular formula is C15H15N5. The minimum absolute atomic E-state index is 0.690. The Morgan fingerprint density at radius 2 is 1.85 bits per heavy atom. The smallest absolute Gasteiger partial charge is 0.187 e. The maximum atomic E-state index is 5.91. The molecule has 0 unspecified atom stereocenters. The van der Waals surface area contributed by atoms with E-state index in [-0.39, 0.29) is 0 Å². The normalized spacial score (nSPS) is 10.7. The zero-order valence-electron chi connectivity index (χ0n) is 11.4. The lowest BCUT2D eigenvalue weighted by Gasteiger charge is -2.08. The van der Waals surface area contributed by atoms with Crippen LogP contribution in [0.1, 0.15) is 11.1 Å². The molecule has 0 aliphatic rings. The summed E-state index contributed by atoms with van der Waals surface area (Å²) < 4.78 is 1.74. The lowest BCUT2D eigenvalue weighted by atomic mass is 10.1. The summed E-state index contributed by atoms with van der Waals surface area (Å²) in [5.74, 6) is 0.690. The minimum atomic E-state index is 0.690. The van der Waals surface area contributed by atoms with Gasteiger partial charge in [-0.3, -0.25) is 0 Å². The number of nitrogens with two attached hydrogens (primary N) is 1. The molecule has 0 amide bonds. The maximum Gasteiger partial charge on any atom is 0.187 e. The molecule has 2 aromatic carbocycles. The Morgan fingerprint density at radius 1 is 1.05 bits per heavy atom. The van der Waals surface area contributed by atoms with Crippen LogP contribution >= 0.6 is 0 Å². The van der Waals surface area contributed by atoms with E-state index in [0.717, 1.165) is 22.4 Å². The molecule has 0 aliphatic heterocycles. The van der Waals surface area contributed by atoms with Crippen molar-refractivity contribution >= 4 is 5.69 Å². The Kier molecular flexibility index (Phi) is 2.95. The predicted octanol–water partition coefficient (Wildman–Crippen LogP) is 2.53. The van der Waals surface area contributed by atoms with Crippen LogP contribution in [-0.2, 0) is 0 Å². The van der Waals surface area contributed by atoms with Gasteiger partial charge < -0.3 is 5.73 Å². The van der Waals surface area contributed by atoms with Crippen molar-refractivity contribution in [3.05, 3.63) is 53.6 Å². The van der Waals surface area contributed by atoms with Gasteiger partial charge in [-0.2, -0.15) is 4.68 Å². The van der Waals surface area contributed by atoms with E-state index in [4.69, 9.17) is 5.73 Å². The lowest BCUT2D eigenvalue weighted by molar-refractivity contribution is 0.787. The Hall–Kier alpha value is -2.69. The van der Waals surface area contributed by atoms with Gasteiger partial charge in [-0.1, -0.05) is 18.2 Å². The number of aryl methyl sites for hydroxylation is 2. The van der Waals surface area contributed by atoms with Crippen LogP contribution in [0, 0.1) is 13.8 Å². The molecule has 3 aromatic rings. The van der Waals surface area contributed by atoms with Gasteiger partial charge in [0, 0.05) is 11.3 Å². The second kappa shape index (κ2) is 4.77. The van der Waals surface area contributed by atoms with E-state index in [2.05, 4.69) is 15.5 Å². The van der Waals surface area contributed by atoms with Crippen LogP contribution in [0.3, 0.4) is 0 Å². The van der Waals surface area contributed by atoms with Crippen LogP contribution in [0.5, 0.6) is 0 Å². The molecule has 1 heterocycles. The van der Waals surface area contributed by atoms with Crippen LogP contribution in [-0.4, -0.2) is 20.2 Å². The first-order valence-corrected chi connectivity index (χ1v) is 6.37. The fourth-order valence-corrected chi connectivity index (χ4v) is 2.27. The number of tetrazole rings is 1. The molecular weight excluding hydrogens is 250 g/mol. The van der Waals surface area contributed by atoms with E-state index in [1.807, 2.05) is 56.3 Å².